The van der Waals surface area contributed by atoms with Crippen molar-refractivity contribution in [3.05, 3.63) is 82.5 Å². The Morgan fingerprint density at radius 2 is 1.05 bits per heavy atom. The van der Waals surface area contributed by atoms with Gasteiger partial charge < -0.3 is 20.2 Å². The molecule has 0 aromatic carbocycles. The smallest absolute Gasteiger partial charge is 0.303 e. The van der Waals surface area contributed by atoms with Crippen molar-refractivity contribution in [3.8, 4) is 0 Å². The summed E-state index contributed by atoms with van der Waals surface area (Å²) in [6.45, 7) is 16.1. The third-order valence-electron chi connectivity index (χ3n) is 8.22. The number of hydrogen-bond donors (Lipinski definition) is 4. The first-order chi connectivity index (χ1) is 20.0. The number of aromatic amines is 2. The SMILES string of the molecule is C=Cc1c(C)c2cc3[nH]c(cc4nc(cc5nc(cc1[nH]2)C(C)=C5CCC(=O)O)C(CCC(=O)O)=C4C)c(C)c3C=C.Cl.Cl. The van der Waals surface area contributed by atoms with E-state index in [1.165, 1.54) is 0 Å². The van der Waals surface area contributed by atoms with E-state index in [1.807, 2.05) is 58.0 Å². The molecule has 0 fully saturated rings. The first-order valence-electron chi connectivity index (χ1n) is 13.9. The standard InChI is InChI=1S/C34H34N4O4.2ClH/c1-7-21-17(3)25-13-26-19(5)23(9-11-33(39)40)31(37-26)16-32-24(10-12-34(41)42)20(6)28(38-32)15-30-22(8-2)18(4)27(36-30)14-29(21)35-25;;/h7-8,13-16,35-36H,1-2,9-12H2,3-6H3,(H,39,40)(H,41,42);2*1H. The van der Waals surface area contributed by atoms with Crippen LogP contribution in [0.5, 0.6) is 0 Å². The van der Waals surface area contributed by atoms with E-state index in [9.17, 15) is 19.8 Å². The number of aryl methyl sites for hydroxylation is 2. The highest BCUT2D eigenvalue weighted by molar-refractivity contribution is 5.97. The number of nitrogens with one attached hydrogen (secondary N) is 2. The van der Waals surface area contributed by atoms with Crippen molar-refractivity contribution in [1.29, 1.82) is 0 Å². The van der Waals surface area contributed by atoms with Gasteiger partial charge in [0.25, 0.3) is 0 Å². The second-order valence-corrected chi connectivity index (χ2v) is 10.7. The maximum Gasteiger partial charge on any atom is 0.303 e. The van der Waals surface area contributed by atoms with Crippen molar-refractivity contribution >= 4 is 93.3 Å². The quantitative estimate of drug-likeness (QED) is 0.196. The molecule has 5 rings (SSSR count). The molecule has 0 spiro atoms. The number of carbonyl (C=O) groups is 2. The van der Waals surface area contributed by atoms with Crippen LogP contribution in [0.4, 0.5) is 0 Å². The molecule has 0 amide bonds. The lowest BCUT2D eigenvalue weighted by atomic mass is 9.98. The van der Waals surface area contributed by atoms with Gasteiger partial charge in [-0.25, -0.2) is 9.97 Å². The highest BCUT2D eigenvalue weighted by atomic mass is 35.5. The Hall–Kier alpha value is -4.40. The Kier molecular flexibility index (Phi) is 10.5. The fourth-order valence-corrected chi connectivity index (χ4v) is 5.77. The van der Waals surface area contributed by atoms with Crippen LogP contribution in [0.1, 0.15) is 84.6 Å². The zero-order valence-corrected chi connectivity index (χ0v) is 26.8. The molecule has 2 aliphatic heterocycles. The van der Waals surface area contributed by atoms with Gasteiger partial charge >= 0.3 is 11.9 Å². The van der Waals surface area contributed by atoms with Gasteiger partial charge in [0.2, 0.25) is 0 Å². The molecule has 5 heterocycles. The van der Waals surface area contributed by atoms with E-state index in [4.69, 9.17) is 9.97 Å². The summed E-state index contributed by atoms with van der Waals surface area (Å²) in [5.74, 6) is -1.78. The third-order valence-corrected chi connectivity index (χ3v) is 8.22. The van der Waals surface area contributed by atoms with Crippen LogP contribution in [0.3, 0.4) is 0 Å². The number of rotatable bonds is 8. The van der Waals surface area contributed by atoms with Gasteiger partial charge in [0, 0.05) is 46.0 Å². The Bertz CT molecular complexity index is 1930. The predicted molar refractivity (Wildman–Crippen MR) is 184 cm³/mol. The molecule has 4 N–H and O–H groups in total. The summed E-state index contributed by atoms with van der Waals surface area (Å²) in [6.07, 6.45) is 4.20. The van der Waals surface area contributed by atoms with Crippen molar-refractivity contribution in [1.82, 2.24) is 19.9 Å². The summed E-state index contributed by atoms with van der Waals surface area (Å²) in [7, 11) is 0. The molecule has 0 unspecified atom stereocenters. The maximum absolute atomic E-state index is 11.5. The number of nitrogens with zero attached hydrogens (tertiary/aromatic N) is 2. The van der Waals surface area contributed by atoms with Crippen LogP contribution in [0.15, 0.2) is 37.4 Å². The van der Waals surface area contributed by atoms with Gasteiger partial charge in [-0.1, -0.05) is 25.3 Å². The minimum Gasteiger partial charge on any atom is -0.481 e. The van der Waals surface area contributed by atoms with Gasteiger partial charge in [0.1, 0.15) is 0 Å². The second-order valence-electron chi connectivity index (χ2n) is 10.7. The Morgan fingerprint density at radius 3 is 1.45 bits per heavy atom. The number of H-pyrrole nitrogens is 2. The van der Waals surface area contributed by atoms with Crippen molar-refractivity contribution in [2.45, 2.75) is 53.4 Å². The Balaban J connectivity index is 0.00000264. The zero-order valence-electron chi connectivity index (χ0n) is 25.1. The normalized spacial score (nSPS) is 12.5. The Labute approximate surface area is 268 Å². The number of halogens is 2. The topological polar surface area (TPSA) is 132 Å². The summed E-state index contributed by atoms with van der Waals surface area (Å²) in [5, 5.41) is 18.9. The first-order valence-corrected chi connectivity index (χ1v) is 13.9. The van der Waals surface area contributed by atoms with E-state index in [2.05, 4.69) is 29.2 Å². The fraction of sp³-hybridized carbons (Fsp3) is 0.235. The monoisotopic (exact) mass is 634 g/mol. The van der Waals surface area contributed by atoms with Gasteiger partial charge in [-0.2, -0.15) is 0 Å². The lowest BCUT2D eigenvalue weighted by Crippen LogP contribution is -1.97. The summed E-state index contributed by atoms with van der Waals surface area (Å²) in [6, 6.07) is 7.88. The molecule has 3 aromatic rings. The molecule has 2 aliphatic rings. The molecule has 230 valence electrons. The molecule has 8 bridgehead atoms. The minimum atomic E-state index is -0.889. The Morgan fingerprint density at radius 1 is 0.659 bits per heavy atom. The van der Waals surface area contributed by atoms with Crippen molar-refractivity contribution in [3.63, 3.8) is 0 Å². The largest absolute Gasteiger partial charge is 0.481 e. The van der Waals surface area contributed by atoms with E-state index < -0.39 is 11.9 Å². The second kappa shape index (κ2) is 13.5. The summed E-state index contributed by atoms with van der Waals surface area (Å²) in [5.41, 5.74) is 13.7. The van der Waals surface area contributed by atoms with Crippen LogP contribution in [0, 0.1) is 13.8 Å². The number of fused-ring (bicyclic) bond motifs is 8. The van der Waals surface area contributed by atoms with E-state index in [0.29, 0.717) is 24.2 Å². The van der Waals surface area contributed by atoms with E-state index in [0.717, 1.165) is 78.0 Å². The van der Waals surface area contributed by atoms with Crippen LogP contribution in [-0.4, -0.2) is 42.1 Å². The van der Waals surface area contributed by atoms with E-state index in [1.54, 1.807) is 0 Å². The molecule has 44 heavy (non-hydrogen) atoms. The van der Waals surface area contributed by atoms with Crippen molar-refractivity contribution < 1.29 is 19.8 Å². The summed E-state index contributed by atoms with van der Waals surface area (Å²) < 4.78 is 0. The number of allylic oxidation sites excluding steroid dienone is 4. The molecule has 0 aliphatic carbocycles. The molecule has 0 atom stereocenters. The van der Waals surface area contributed by atoms with Crippen LogP contribution in [0.2, 0.25) is 0 Å². The molecule has 0 radical (unpaired) electrons. The number of aromatic nitrogens is 4. The van der Waals surface area contributed by atoms with Gasteiger partial charge in [-0.05, 0) is 98.2 Å². The van der Waals surface area contributed by atoms with Crippen molar-refractivity contribution in [2.24, 2.45) is 0 Å². The average molecular weight is 636 g/mol. The molecule has 0 saturated carbocycles. The van der Waals surface area contributed by atoms with Crippen LogP contribution < -0.4 is 0 Å². The first kappa shape index (κ1) is 34.1. The lowest BCUT2D eigenvalue weighted by molar-refractivity contribution is -0.137. The van der Waals surface area contributed by atoms with Gasteiger partial charge in [-0.3, -0.25) is 9.59 Å². The number of carboxylic acid groups (broad SMARTS) is 2. The fourth-order valence-electron chi connectivity index (χ4n) is 5.77. The number of hydrogen-bond acceptors (Lipinski definition) is 4. The zero-order chi connectivity index (χ0) is 30.3. The van der Waals surface area contributed by atoms with Crippen LogP contribution >= 0.6 is 24.8 Å². The highest BCUT2D eigenvalue weighted by Gasteiger charge is 2.22. The molecule has 8 nitrogen and oxygen atoms in total. The molecular weight excluding hydrogens is 599 g/mol. The molecule has 3 aromatic heterocycles. The number of aliphatic carboxylic acids is 2. The van der Waals surface area contributed by atoms with Crippen molar-refractivity contribution in [2.75, 3.05) is 0 Å². The lowest BCUT2D eigenvalue weighted by Gasteiger charge is -2.05. The minimum absolute atomic E-state index is 0. The van der Waals surface area contributed by atoms with E-state index >= 15 is 0 Å². The van der Waals surface area contributed by atoms with Gasteiger partial charge in [-0.15, -0.1) is 24.8 Å². The number of carboxylic acids is 2. The summed E-state index contributed by atoms with van der Waals surface area (Å²) >= 11 is 0. The summed E-state index contributed by atoms with van der Waals surface area (Å²) in [4.78, 5) is 40.0. The van der Waals surface area contributed by atoms with Gasteiger partial charge in [0.05, 0.1) is 22.8 Å². The highest BCUT2D eigenvalue weighted by Crippen LogP contribution is 2.38. The predicted octanol–water partition coefficient (Wildman–Crippen LogP) is 8.65. The maximum atomic E-state index is 11.5. The van der Waals surface area contributed by atoms with E-state index in [-0.39, 0.29) is 37.7 Å². The average Bonchev–Trinajstić information content (AvgIpc) is 3.59. The van der Waals surface area contributed by atoms with Crippen LogP contribution in [-0.2, 0) is 9.59 Å². The third kappa shape index (κ3) is 6.27. The van der Waals surface area contributed by atoms with Gasteiger partial charge in [0.15, 0.2) is 0 Å². The molecule has 10 heteroatoms. The van der Waals surface area contributed by atoms with Crippen LogP contribution in [0.25, 0.3) is 56.5 Å². The molecular formula is C34H36Cl2N4O4. The molecule has 0 saturated heterocycles.